The minimum Gasteiger partial charge on any atom is -0.480 e. The fourth-order valence-electron chi connectivity index (χ4n) is 1.36. The average Bonchev–Trinajstić information content (AvgIpc) is 2.45. The summed E-state index contributed by atoms with van der Waals surface area (Å²) < 4.78 is 9.21. The highest BCUT2D eigenvalue weighted by molar-refractivity contribution is 5.85. The van der Waals surface area contributed by atoms with Crippen LogP contribution in [0.5, 0.6) is 0 Å². The summed E-state index contributed by atoms with van der Waals surface area (Å²) in [6, 6.07) is 7.57. The van der Waals surface area contributed by atoms with Gasteiger partial charge >= 0.3 is 18.0 Å². The molecule has 0 aromatic heterocycles. The third-order valence-electron chi connectivity index (χ3n) is 2.39. The van der Waals surface area contributed by atoms with E-state index in [0.29, 0.717) is 0 Å². The summed E-state index contributed by atoms with van der Waals surface area (Å²) >= 11 is 0. The van der Waals surface area contributed by atoms with E-state index in [0.717, 1.165) is 12.7 Å². The van der Waals surface area contributed by atoms with Gasteiger partial charge in [0, 0.05) is 0 Å². The van der Waals surface area contributed by atoms with Crippen molar-refractivity contribution in [3.63, 3.8) is 0 Å². The molecule has 0 fully saturated rings. The van der Waals surface area contributed by atoms with E-state index >= 15 is 0 Å². The first-order chi connectivity index (χ1) is 9.52. The molecule has 1 amide bonds. The van der Waals surface area contributed by atoms with E-state index in [4.69, 9.17) is 9.84 Å². The molecule has 1 aromatic carbocycles. The van der Waals surface area contributed by atoms with E-state index in [-0.39, 0.29) is 6.61 Å². The van der Waals surface area contributed by atoms with Gasteiger partial charge in [0.1, 0.15) is 12.6 Å². The van der Waals surface area contributed by atoms with Crippen molar-refractivity contribution in [1.82, 2.24) is 5.32 Å². The molecule has 0 saturated carbocycles. The summed E-state index contributed by atoms with van der Waals surface area (Å²) in [7, 11) is 1.10. The van der Waals surface area contributed by atoms with E-state index in [1.165, 1.54) is 0 Å². The number of hydrogen-bond donors (Lipinski definition) is 2. The number of hydrogen-bond acceptors (Lipinski definition) is 5. The van der Waals surface area contributed by atoms with Crippen LogP contribution in [0.2, 0.25) is 0 Å². The monoisotopic (exact) mass is 281 g/mol. The first-order valence-corrected chi connectivity index (χ1v) is 5.79. The van der Waals surface area contributed by atoms with Crippen LogP contribution in [0.1, 0.15) is 12.0 Å². The molecule has 7 nitrogen and oxygen atoms in total. The average molecular weight is 281 g/mol. The molecule has 1 unspecified atom stereocenters. The standard InChI is InChI=1S/C13H15NO6/c1-19-13(18)14-10(12(16)17)7-11(15)20-8-9-5-3-2-4-6-9/h2-6,10H,7-8H2,1H3,(H,14,18)(H,16,17). The Kier molecular flexibility index (Phi) is 6.02. The number of esters is 1. The lowest BCUT2D eigenvalue weighted by Gasteiger charge is -2.13. The van der Waals surface area contributed by atoms with Gasteiger partial charge in [-0.25, -0.2) is 9.59 Å². The Bertz CT molecular complexity index is 473. The fourth-order valence-corrected chi connectivity index (χ4v) is 1.36. The Morgan fingerprint density at radius 3 is 2.45 bits per heavy atom. The third kappa shape index (κ3) is 5.38. The number of carboxylic acids is 1. The van der Waals surface area contributed by atoms with Gasteiger partial charge in [-0.1, -0.05) is 30.3 Å². The van der Waals surface area contributed by atoms with E-state index in [9.17, 15) is 14.4 Å². The molecule has 20 heavy (non-hydrogen) atoms. The molecule has 7 heteroatoms. The van der Waals surface area contributed by atoms with Crippen LogP contribution < -0.4 is 5.32 Å². The molecule has 0 bridgehead atoms. The van der Waals surface area contributed by atoms with Gasteiger partial charge in [-0.2, -0.15) is 0 Å². The van der Waals surface area contributed by atoms with Gasteiger partial charge in [-0.3, -0.25) is 4.79 Å². The van der Waals surface area contributed by atoms with Crippen molar-refractivity contribution in [2.24, 2.45) is 0 Å². The first-order valence-electron chi connectivity index (χ1n) is 5.79. The lowest BCUT2D eigenvalue weighted by molar-refractivity contribution is -0.150. The summed E-state index contributed by atoms with van der Waals surface area (Å²) in [6.07, 6.45) is -1.40. The third-order valence-corrected chi connectivity index (χ3v) is 2.39. The van der Waals surface area contributed by atoms with Gasteiger partial charge < -0.3 is 19.9 Å². The van der Waals surface area contributed by atoms with Crippen LogP contribution in [0.4, 0.5) is 4.79 Å². The molecule has 1 rings (SSSR count). The van der Waals surface area contributed by atoms with E-state index in [1.807, 2.05) is 11.4 Å². The van der Waals surface area contributed by atoms with Gasteiger partial charge in [0.2, 0.25) is 0 Å². The number of amides is 1. The summed E-state index contributed by atoms with van der Waals surface area (Å²) in [5, 5.41) is 10.9. The Balaban J connectivity index is 2.46. The van der Waals surface area contributed by atoms with Crippen LogP contribution in [-0.4, -0.2) is 36.3 Å². The number of methoxy groups -OCH3 is 1. The van der Waals surface area contributed by atoms with Crippen molar-refractivity contribution in [1.29, 1.82) is 0 Å². The Labute approximate surface area is 115 Å². The summed E-state index contributed by atoms with van der Waals surface area (Å²) in [5.41, 5.74) is 0.786. The lowest BCUT2D eigenvalue weighted by atomic mass is 10.2. The number of ether oxygens (including phenoxy) is 2. The number of benzene rings is 1. The maximum atomic E-state index is 11.5. The van der Waals surface area contributed by atoms with Crippen LogP contribution in [0.15, 0.2) is 30.3 Å². The van der Waals surface area contributed by atoms with Crippen molar-refractivity contribution in [3.05, 3.63) is 35.9 Å². The van der Waals surface area contributed by atoms with Crippen LogP contribution in [0, 0.1) is 0 Å². The highest BCUT2D eigenvalue weighted by Crippen LogP contribution is 2.03. The van der Waals surface area contributed by atoms with Crippen LogP contribution in [-0.2, 0) is 25.7 Å². The Morgan fingerprint density at radius 2 is 1.90 bits per heavy atom. The number of aliphatic carboxylic acids is 1. The van der Waals surface area contributed by atoms with E-state index in [2.05, 4.69) is 4.74 Å². The number of carboxylic acid groups (broad SMARTS) is 1. The molecule has 0 radical (unpaired) electrons. The zero-order chi connectivity index (χ0) is 15.0. The van der Waals surface area contributed by atoms with Crippen LogP contribution >= 0.6 is 0 Å². The van der Waals surface area contributed by atoms with Gasteiger partial charge in [0.15, 0.2) is 0 Å². The normalized spacial score (nSPS) is 11.2. The molecule has 0 saturated heterocycles. The molecule has 0 aliphatic rings. The molecule has 2 N–H and O–H groups in total. The Morgan fingerprint density at radius 1 is 1.25 bits per heavy atom. The van der Waals surface area contributed by atoms with Crippen molar-refractivity contribution in [3.8, 4) is 0 Å². The Hall–Kier alpha value is -2.57. The number of carbonyl (C=O) groups excluding carboxylic acids is 2. The van der Waals surface area contributed by atoms with Crippen molar-refractivity contribution in [2.45, 2.75) is 19.1 Å². The number of carbonyl (C=O) groups is 3. The van der Waals surface area contributed by atoms with E-state index < -0.39 is 30.5 Å². The maximum Gasteiger partial charge on any atom is 0.407 e. The second-order valence-corrected chi connectivity index (χ2v) is 3.88. The predicted octanol–water partition coefficient (Wildman–Crippen LogP) is 0.929. The molecular formula is C13H15NO6. The molecule has 0 spiro atoms. The molecule has 0 aliphatic heterocycles. The van der Waals surface area contributed by atoms with Gasteiger partial charge in [-0.15, -0.1) is 0 Å². The second kappa shape index (κ2) is 7.78. The van der Waals surface area contributed by atoms with Crippen LogP contribution in [0.3, 0.4) is 0 Å². The molecule has 0 heterocycles. The number of alkyl carbamates (subject to hydrolysis) is 1. The smallest absolute Gasteiger partial charge is 0.407 e. The summed E-state index contributed by atoms with van der Waals surface area (Å²) in [5.74, 6) is -2.07. The second-order valence-electron chi connectivity index (χ2n) is 3.88. The number of rotatable bonds is 6. The van der Waals surface area contributed by atoms with Gasteiger partial charge in [0.25, 0.3) is 0 Å². The molecule has 0 aliphatic carbocycles. The molecular weight excluding hydrogens is 266 g/mol. The SMILES string of the molecule is COC(=O)NC(CC(=O)OCc1ccccc1)C(=O)O. The summed E-state index contributed by atoms with van der Waals surface area (Å²) in [6.45, 7) is 0.0459. The summed E-state index contributed by atoms with van der Waals surface area (Å²) in [4.78, 5) is 33.3. The van der Waals surface area contributed by atoms with Crippen molar-refractivity contribution >= 4 is 18.0 Å². The van der Waals surface area contributed by atoms with Crippen molar-refractivity contribution in [2.75, 3.05) is 7.11 Å². The highest BCUT2D eigenvalue weighted by atomic mass is 16.5. The quantitative estimate of drug-likeness (QED) is 0.752. The molecule has 1 atom stereocenters. The number of nitrogens with one attached hydrogen (secondary N) is 1. The zero-order valence-corrected chi connectivity index (χ0v) is 10.9. The lowest BCUT2D eigenvalue weighted by Crippen LogP contribution is -2.42. The van der Waals surface area contributed by atoms with Crippen molar-refractivity contribution < 1.29 is 29.0 Å². The topological polar surface area (TPSA) is 102 Å². The molecule has 108 valence electrons. The predicted molar refractivity (Wildman–Crippen MR) is 67.8 cm³/mol. The molecule has 1 aromatic rings. The maximum absolute atomic E-state index is 11.5. The first kappa shape index (κ1) is 15.5. The van der Waals surface area contributed by atoms with Gasteiger partial charge in [0.05, 0.1) is 13.5 Å². The highest BCUT2D eigenvalue weighted by Gasteiger charge is 2.24. The van der Waals surface area contributed by atoms with Gasteiger partial charge in [-0.05, 0) is 5.56 Å². The minimum atomic E-state index is -1.38. The minimum absolute atomic E-state index is 0.0459. The fraction of sp³-hybridized carbons (Fsp3) is 0.308. The largest absolute Gasteiger partial charge is 0.480 e. The van der Waals surface area contributed by atoms with Crippen LogP contribution in [0.25, 0.3) is 0 Å². The zero-order valence-electron chi connectivity index (χ0n) is 10.9. The van der Waals surface area contributed by atoms with E-state index in [1.54, 1.807) is 24.3 Å².